The molecule has 3 aromatic carbocycles. The lowest BCUT2D eigenvalue weighted by atomic mass is 10.1. The summed E-state index contributed by atoms with van der Waals surface area (Å²) in [5.74, 6) is 0.266. The number of carbonyl (C=O) groups excluding carboxylic acids is 1. The maximum Gasteiger partial charge on any atom is 0.263 e. The second-order valence-corrected chi connectivity index (χ2v) is 8.90. The highest BCUT2D eigenvalue weighted by atomic mass is 35.5. The molecule has 0 atom stereocenters. The topological polar surface area (TPSA) is 84.5 Å². The van der Waals surface area contributed by atoms with Gasteiger partial charge in [-0.3, -0.25) is 9.52 Å². The number of ether oxygens (including phenoxy) is 1. The Morgan fingerprint density at radius 1 is 1.03 bits per heavy atom. The summed E-state index contributed by atoms with van der Waals surface area (Å²) < 4.78 is 33.8. The molecule has 0 radical (unpaired) electrons. The van der Waals surface area contributed by atoms with Crippen molar-refractivity contribution in [3.05, 3.63) is 88.4 Å². The molecule has 0 aliphatic heterocycles. The van der Waals surface area contributed by atoms with E-state index in [1.165, 1.54) is 18.2 Å². The number of benzene rings is 3. The van der Waals surface area contributed by atoms with Gasteiger partial charge in [0.05, 0.1) is 11.6 Å². The molecule has 8 heteroatoms. The first-order valence-electron chi connectivity index (χ1n) is 9.68. The normalized spacial score (nSPS) is 11.1. The second-order valence-electron chi connectivity index (χ2n) is 6.84. The molecule has 162 valence electrons. The zero-order valence-corrected chi connectivity index (χ0v) is 18.8. The number of anilines is 1. The van der Waals surface area contributed by atoms with E-state index in [4.69, 9.17) is 16.3 Å². The van der Waals surface area contributed by atoms with E-state index < -0.39 is 15.9 Å². The van der Waals surface area contributed by atoms with Gasteiger partial charge in [0.1, 0.15) is 10.6 Å². The van der Waals surface area contributed by atoms with Crippen LogP contribution in [-0.2, 0) is 16.6 Å². The largest absolute Gasteiger partial charge is 0.494 e. The molecule has 0 heterocycles. The molecule has 3 rings (SSSR count). The fourth-order valence-electron chi connectivity index (χ4n) is 2.99. The highest BCUT2D eigenvalue weighted by molar-refractivity contribution is 7.92. The predicted octanol–water partition coefficient (Wildman–Crippen LogP) is 4.78. The summed E-state index contributed by atoms with van der Waals surface area (Å²) in [6.45, 7) is 4.49. The number of amides is 1. The molecule has 3 aromatic rings. The summed E-state index contributed by atoms with van der Waals surface area (Å²) in [5, 5.41) is 2.82. The van der Waals surface area contributed by atoms with Crippen LogP contribution in [0.4, 0.5) is 5.69 Å². The third-order valence-corrected chi connectivity index (χ3v) is 6.33. The smallest absolute Gasteiger partial charge is 0.263 e. The van der Waals surface area contributed by atoms with E-state index in [9.17, 15) is 13.2 Å². The lowest BCUT2D eigenvalue weighted by Gasteiger charge is -2.13. The standard InChI is InChI=1S/C23H23ClN2O4S/c1-3-30-21-10-5-4-8-18(21)15-25-23(27)17-11-12-20(24)22(14-17)31(28,29)26-19-9-6-7-16(2)13-19/h4-14,26H,3,15H2,1-2H3,(H,25,27). The third-order valence-electron chi connectivity index (χ3n) is 4.47. The lowest BCUT2D eigenvalue weighted by molar-refractivity contribution is 0.0950. The monoisotopic (exact) mass is 458 g/mol. The molecule has 31 heavy (non-hydrogen) atoms. The summed E-state index contributed by atoms with van der Waals surface area (Å²) in [4.78, 5) is 12.5. The van der Waals surface area contributed by atoms with Crippen LogP contribution in [0.5, 0.6) is 5.75 Å². The van der Waals surface area contributed by atoms with E-state index in [0.717, 1.165) is 11.1 Å². The Kier molecular flexibility index (Phi) is 7.20. The van der Waals surface area contributed by atoms with Gasteiger partial charge in [0.25, 0.3) is 15.9 Å². The van der Waals surface area contributed by atoms with Crippen LogP contribution in [0.1, 0.15) is 28.4 Å². The molecule has 6 nitrogen and oxygen atoms in total. The van der Waals surface area contributed by atoms with E-state index in [0.29, 0.717) is 18.0 Å². The van der Waals surface area contributed by atoms with Gasteiger partial charge in [-0.2, -0.15) is 0 Å². The fourth-order valence-corrected chi connectivity index (χ4v) is 4.57. The highest BCUT2D eigenvalue weighted by Crippen LogP contribution is 2.26. The zero-order valence-electron chi connectivity index (χ0n) is 17.2. The van der Waals surface area contributed by atoms with Gasteiger partial charge in [-0.25, -0.2) is 8.42 Å². The Balaban J connectivity index is 1.79. The molecule has 0 fully saturated rings. The summed E-state index contributed by atoms with van der Waals surface area (Å²) >= 11 is 6.14. The number of hydrogen-bond acceptors (Lipinski definition) is 4. The maximum absolute atomic E-state index is 12.9. The molecule has 2 N–H and O–H groups in total. The number of rotatable bonds is 8. The first kappa shape index (κ1) is 22.7. The first-order valence-corrected chi connectivity index (χ1v) is 11.5. The van der Waals surface area contributed by atoms with E-state index in [2.05, 4.69) is 10.0 Å². The van der Waals surface area contributed by atoms with Gasteiger partial charge in [-0.05, 0) is 55.8 Å². The van der Waals surface area contributed by atoms with Crippen molar-refractivity contribution in [1.29, 1.82) is 0 Å². The van der Waals surface area contributed by atoms with Crippen molar-refractivity contribution in [3.8, 4) is 5.75 Å². The predicted molar refractivity (Wildman–Crippen MR) is 122 cm³/mol. The van der Waals surface area contributed by atoms with Gasteiger partial charge in [-0.1, -0.05) is 41.9 Å². The van der Waals surface area contributed by atoms with Crippen molar-refractivity contribution in [2.75, 3.05) is 11.3 Å². The third kappa shape index (κ3) is 5.77. The number of para-hydroxylation sites is 1. The fraction of sp³-hybridized carbons (Fsp3) is 0.174. The SMILES string of the molecule is CCOc1ccccc1CNC(=O)c1ccc(Cl)c(S(=O)(=O)Nc2cccc(C)c2)c1. The Labute approximate surface area is 187 Å². The van der Waals surface area contributed by atoms with Crippen LogP contribution in [0.15, 0.2) is 71.6 Å². The average molecular weight is 459 g/mol. The minimum atomic E-state index is -3.98. The van der Waals surface area contributed by atoms with Gasteiger partial charge in [0.15, 0.2) is 0 Å². The van der Waals surface area contributed by atoms with E-state index >= 15 is 0 Å². The Bertz CT molecular complexity index is 1200. The molecule has 0 spiro atoms. The van der Waals surface area contributed by atoms with Crippen LogP contribution in [0.2, 0.25) is 5.02 Å². The van der Waals surface area contributed by atoms with Crippen molar-refractivity contribution in [3.63, 3.8) is 0 Å². The van der Waals surface area contributed by atoms with Gasteiger partial charge >= 0.3 is 0 Å². The minimum Gasteiger partial charge on any atom is -0.494 e. The second kappa shape index (κ2) is 9.85. The van der Waals surface area contributed by atoms with Crippen LogP contribution in [0.25, 0.3) is 0 Å². The molecule has 0 bridgehead atoms. The summed E-state index contributed by atoms with van der Waals surface area (Å²) in [7, 11) is -3.98. The maximum atomic E-state index is 12.9. The molecule has 0 saturated heterocycles. The number of aryl methyl sites for hydroxylation is 1. The molecule has 1 amide bonds. The molecule has 0 aliphatic rings. The number of halogens is 1. The van der Waals surface area contributed by atoms with E-state index in [1.54, 1.807) is 18.2 Å². The van der Waals surface area contributed by atoms with Crippen LogP contribution >= 0.6 is 11.6 Å². The summed E-state index contributed by atoms with van der Waals surface area (Å²) in [5.41, 5.74) is 2.33. The Hall–Kier alpha value is -3.03. The van der Waals surface area contributed by atoms with Crippen LogP contribution in [0, 0.1) is 6.92 Å². The van der Waals surface area contributed by atoms with Crippen LogP contribution in [0.3, 0.4) is 0 Å². The number of nitrogens with one attached hydrogen (secondary N) is 2. The van der Waals surface area contributed by atoms with Crippen molar-refractivity contribution in [1.82, 2.24) is 5.32 Å². The number of hydrogen-bond donors (Lipinski definition) is 2. The molecule has 0 aromatic heterocycles. The van der Waals surface area contributed by atoms with Crippen molar-refractivity contribution >= 4 is 33.2 Å². The van der Waals surface area contributed by atoms with Crippen molar-refractivity contribution in [2.45, 2.75) is 25.3 Å². The van der Waals surface area contributed by atoms with Crippen LogP contribution in [-0.4, -0.2) is 20.9 Å². The molecule has 0 unspecified atom stereocenters. The number of sulfonamides is 1. The van der Waals surface area contributed by atoms with Gasteiger partial charge < -0.3 is 10.1 Å². The Morgan fingerprint density at radius 2 is 1.81 bits per heavy atom. The quantitative estimate of drug-likeness (QED) is 0.508. The van der Waals surface area contributed by atoms with Gasteiger partial charge in [0.2, 0.25) is 0 Å². The highest BCUT2D eigenvalue weighted by Gasteiger charge is 2.20. The van der Waals surface area contributed by atoms with Gasteiger partial charge in [-0.15, -0.1) is 0 Å². The molecular weight excluding hydrogens is 436 g/mol. The van der Waals surface area contributed by atoms with E-state index in [-0.39, 0.29) is 22.0 Å². The van der Waals surface area contributed by atoms with Gasteiger partial charge in [0, 0.05) is 23.4 Å². The molecular formula is C23H23ClN2O4S. The zero-order chi connectivity index (χ0) is 22.4. The van der Waals surface area contributed by atoms with Crippen LogP contribution < -0.4 is 14.8 Å². The minimum absolute atomic E-state index is 0.0263. The van der Waals surface area contributed by atoms with E-state index in [1.807, 2.05) is 44.2 Å². The Morgan fingerprint density at radius 3 is 2.55 bits per heavy atom. The lowest BCUT2D eigenvalue weighted by Crippen LogP contribution is -2.24. The summed E-state index contributed by atoms with van der Waals surface area (Å²) in [6, 6.07) is 18.5. The molecule has 0 aliphatic carbocycles. The summed E-state index contributed by atoms with van der Waals surface area (Å²) in [6.07, 6.45) is 0. The number of carbonyl (C=O) groups is 1. The van der Waals surface area contributed by atoms with Crippen molar-refractivity contribution < 1.29 is 17.9 Å². The average Bonchev–Trinajstić information content (AvgIpc) is 2.73. The molecule has 0 saturated carbocycles. The first-order chi connectivity index (χ1) is 14.8. The van der Waals surface area contributed by atoms with Crippen molar-refractivity contribution in [2.24, 2.45) is 0 Å².